The molecule has 0 saturated heterocycles. The standard InChI is InChI=1S/C13H16N2O/c1-9-5-4-6-10(2)12(9)13(16)11-7-14-15(3)8-11/h4-8,13,16H,1-3H3. The normalized spacial score (nSPS) is 12.8. The van der Waals surface area contributed by atoms with Crippen LogP contribution in [0.25, 0.3) is 0 Å². The zero-order chi connectivity index (χ0) is 11.7. The lowest BCUT2D eigenvalue weighted by Gasteiger charge is -2.14. The lowest BCUT2D eigenvalue weighted by atomic mass is 9.95. The Balaban J connectivity index is 2.45. The molecule has 0 saturated carbocycles. The largest absolute Gasteiger partial charge is 0.384 e. The van der Waals surface area contributed by atoms with Gasteiger partial charge in [-0.1, -0.05) is 18.2 Å². The molecule has 1 atom stereocenters. The molecule has 0 spiro atoms. The summed E-state index contributed by atoms with van der Waals surface area (Å²) in [7, 11) is 1.85. The molecule has 3 nitrogen and oxygen atoms in total. The van der Waals surface area contributed by atoms with Gasteiger partial charge in [0.05, 0.1) is 6.20 Å². The van der Waals surface area contributed by atoms with Crippen molar-refractivity contribution in [3.8, 4) is 0 Å². The summed E-state index contributed by atoms with van der Waals surface area (Å²) in [6, 6.07) is 6.04. The third-order valence-corrected chi connectivity index (χ3v) is 2.86. The highest BCUT2D eigenvalue weighted by molar-refractivity contribution is 5.39. The van der Waals surface area contributed by atoms with E-state index in [1.54, 1.807) is 10.9 Å². The molecule has 1 N–H and O–H groups in total. The number of aliphatic hydroxyl groups is 1. The lowest BCUT2D eigenvalue weighted by Crippen LogP contribution is -2.03. The molecule has 0 radical (unpaired) electrons. The van der Waals surface area contributed by atoms with Crippen LogP contribution >= 0.6 is 0 Å². The monoisotopic (exact) mass is 216 g/mol. The summed E-state index contributed by atoms with van der Waals surface area (Å²) in [4.78, 5) is 0. The van der Waals surface area contributed by atoms with Crippen LogP contribution in [-0.2, 0) is 7.05 Å². The highest BCUT2D eigenvalue weighted by Crippen LogP contribution is 2.27. The van der Waals surface area contributed by atoms with Crippen LogP contribution in [0.15, 0.2) is 30.6 Å². The molecule has 2 aromatic rings. The average Bonchev–Trinajstić information content (AvgIpc) is 2.64. The lowest BCUT2D eigenvalue weighted by molar-refractivity contribution is 0.218. The van der Waals surface area contributed by atoms with Crippen LogP contribution in [0, 0.1) is 13.8 Å². The molecule has 0 aliphatic heterocycles. The average molecular weight is 216 g/mol. The van der Waals surface area contributed by atoms with Crippen LogP contribution in [0.1, 0.15) is 28.4 Å². The summed E-state index contributed by atoms with van der Waals surface area (Å²) in [5, 5.41) is 14.4. The van der Waals surface area contributed by atoms with Crippen molar-refractivity contribution in [3.05, 3.63) is 52.8 Å². The molecule has 2 rings (SSSR count). The highest BCUT2D eigenvalue weighted by atomic mass is 16.3. The predicted octanol–water partition coefficient (Wildman–Crippen LogP) is 2.12. The molecular formula is C13H16N2O. The van der Waals surface area contributed by atoms with Crippen molar-refractivity contribution in [2.45, 2.75) is 20.0 Å². The molecule has 0 amide bonds. The Morgan fingerprint density at radius 1 is 1.25 bits per heavy atom. The van der Waals surface area contributed by atoms with Gasteiger partial charge in [0.1, 0.15) is 6.10 Å². The zero-order valence-electron chi connectivity index (χ0n) is 9.81. The molecule has 16 heavy (non-hydrogen) atoms. The minimum Gasteiger partial charge on any atom is -0.384 e. The van der Waals surface area contributed by atoms with E-state index in [-0.39, 0.29) is 0 Å². The molecule has 0 aliphatic rings. The first-order valence-electron chi connectivity index (χ1n) is 5.32. The van der Waals surface area contributed by atoms with Crippen LogP contribution in [0.5, 0.6) is 0 Å². The van der Waals surface area contributed by atoms with Crippen LogP contribution in [0.4, 0.5) is 0 Å². The minimum absolute atomic E-state index is 0.588. The van der Waals surface area contributed by atoms with Gasteiger partial charge in [-0.2, -0.15) is 5.10 Å². The molecule has 1 aromatic carbocycles. The Morgan fingerprint density at radius 2 is 1.88 bits per heavy atom. The first-order valence-corrected chi connectivity index (χ1v) is 5.32. The molecule has 0 aliphatic carbocycles. The molecule has 3 heteroatoms. The molecule has 0 bridgehead atoms. The van der Waals surface area contributed by atoms with Gasteiger partial charge in [0.2, 0.25) is 0 Å². The summed E-state index contributed by atoms with van der Waals surface area (Å²) in [5.41, 5.74) is 4.03. The third kappa shape index (κ3) is 1.86. The van der Waals surface area contributed by atoms with Gasteiger partial charge in [0, 0.05) is 18.8 Å². The van der Waals surface area contributed by atoms with E-state index in [4.69, 9.17) is 0 Å². The van der Waals surface area contributed by atoms with E-state index in [0.29, 0.717) is 0 Å². The van der Waals surface area contributed by atoms with E-state index in [9.17, 15) is 5.11 Å². The number of hydrogen-bond acceptors (Lipinski definition) is 2. The third-order valence-electron chi connectivity index (χ3n) is 2.86. The van der Waals surface area contributed by atoms with Crippen molar-refractivity contribution in [1.29, 1.82) is 0 Å². The summed E-state index contributed by atoms with van der Waals surface area (Å²) in [6.07, 6.45) is 2.96. The second kappa shape index (κ2) is 4.10. The van der Waals surface area contributed by atoms with Gasteiger partial charge in [-0.05, 0) is 30.5 Å². The number of aliphatic hydroxyl groups excluding tert-OH is 1. The van der Waals surface area contributed by atoms with Crippen LogP contribution in [0.2, 0.25) is 0 Å². The fourth-order valence-electron chi connectivity index (χ4n) is 2.01. The van der Waals surface area contributed by atoms with Crippen molar-refractivity contribution >= 4 is 0 Å². The number of nitrogens with zero attached hydrogens (tertiary/aromatic N) is 2. The molecule has 1 unspecified atom stereocenters. The number of aromatic nitrogens is 2. The second-order valence-electron chi connectivity index (χ2n) is 4.16. The van der Waals surface area contributed by atoms with E-state index in [1.807, 2.05) is 45.3 Å². The van der Waals surface area contributed by atoms with Crippen LogP contribution < -0.4 is 0 Å². The van der Waals surface area contributed by atoms with Crippen molar-refractivity contribution < 1.29 is 5.11 Å². The molecule has 1 aromatic heterocycles. The predicted molar refractivity (Wildman–Crippen MR) is 63.2 cm³/mol. The van der Waals surface area contributed by atoms with Crippen molar-refractivity contribution in [2.24, 2.45) is 7.05 Å². The van der Waals surface area contributed by atoms with Gasteiger partial charge in [0.15, 0.2) is 0 Å². The second-order valence-corrected chi connectivity index (χ2v) is 4.16. The summed E-state index contributed by atoms with van der Waals surface area (Å²) < 4.78 is 1.70. The maximum Gasteiger partial charge on any atom is 0.108 e. The van der Waals surface area contributed by atoms with Gasteiger partial charge in [-0.15, -0.1) is 0 Å². The Labute approximate surface area is 95.3 Å². The Bertz CT molecular complexity index is 482. The van der Waals surface area contributed by atoms with Crippen LogP contribution in [0.3, 0.4) is 0 Å². The van der Waals surface area contributed by atoms with E-state index in [2.05, 4.69) is 5.10 Å². The van der Waals surface area contributed by atoms with Gasteiger partial charge >= 0.3 is 0 Å². The van der Waals surface area contributed by atoms with Gasteiger partial charge in [-0.3, -0.25) is 4.68 Å². The fraction of sp³-hybridized carbons (Fsp3) is 0.308. The molecular weight excluding hydrogens is 200 g/mol. The number of aryl methyl sites for hydroxylation is 3. The van der Waals surface area contributed by atoms with Crippen LogP contribution in [-0.4, -0.2) is 14.9 Å². The Hall–Kier alpha value is -1.61. The van der Waals surface area contributed by atoms with Crippen molar-refractivity contribution in [1.82, 2.24) is 9.78 Å². The Kier molecular flexibility index (Phi) is 2.79. The summed E-state index contributed by atoms with van der Waals surface area (Å²) >= 11 is 0. The molecule has 84 valence electrons. The Morgan fingerprint density at radius 3 is 2.38 bits per heavy atom. The van der Waals surface area contributed by atoms with E-state index in [0.717, 1.165) is 22.3 Å². The maximum atomic E-state index is 10.3. The quantitative estimate of drug-likeness (QED) is 0.835. The number of hydrogen-bond donors (Lipinski definition) is 1. The van der Waals surface area contributed by atoms with E-state index in [1.165, 1.54) is 0 Å². The first kappa shape index (κ1) is 10.9. The van der Waals surface area contributed by atoms with Gasteiger partial charge in [0.25, 0.3) is 0 Å². The first-order chi connectivity index (χ1) is 7.59. The van der Waals surface area contributed by atoms with E-state index < -0.39 is 6.10 Å². The van der Waals surface area contributed by atoms with Gasteiger partial charge < -0.3 is 5.11 Å². The van der Waals surface area contributed by atoms with Crippen molar-refractivity contribution in [2.75, 3.05) is 0 Å². The summed E-state index contributed by atoms with van der Waals surface area (Å²) in [6.45, 7) is 4.03. The topological polar surface area (TPSA) is 38.1 Å². The zero-order valence-corrected chi connectivity index (χ0v) is 9.81. The van der Waals surface area contributed by atoms with E-state index >= 15 is 0 Å². The molecule has 0 fully saturated rings. The SMILES string of the molecule is Cc1cccc(C)c1C(O)c1cnn(C)c1. The van der Waals surface area contributed by atoms with Crippen molar-refractivity contribution in [3.63, 3.8) is 0 Å². The molecule has 1 heterocycles. The fourth-order valence-corrected chi connectivity index (χ4v) is 2.01. The van der Waals surface area contributed by atoms with Gasteiger partial charge in [-0.25, -0.2) is 0 Å². The number of rotatable bonds is 2. The summed E-state index contributed by atoms with van der Waals surface area (Å²) in [5.74, 6) is 0. The maximum absolute atomic E-state index is 10.3. The number of benzene rings is 1. The highest BCUT2D eigenvalue weighted by Gasteiger charge is 2.16. The minimum atomic E-state index is -0.588. The smallest absolute Gasteiger partial charge is 0.108 e.